The Hall–Kier alpha value is -6.22. The zero-order valence-corrected chi connectivity index (χ0v) is 37.0. The van der Waals surface area contributed by atoms with Gasteiger partial charge in [-0.05, 0) is 57.0 Å². The van der Waals surface area contributed by atoms with E-state index >= 15 is 0 Å². The van der Waals surface area contributed by atoms with Gasteiger partial charge in [-0.25, -0.2) is 4.98 Å². The van der Waals surface area contributed by atoms with Crippen molar-refractivity contribution in [3.63, 3.8) is 0 Å². The van der Waals surface area contributed by atoms with Crippen molar-refractivity contribution in [1.29, 1.82) is 0 Å². The van der Waals surface area contributed by atoms with Crippen molar-refractivity contribution in [3.8, 4) is 5.75 Å². The maximum absolute atomic E-state index is 13.0. The van der Waals surface area contributed by atoms with Crippen LogP contribution in [-0.2, 0) is 39.9 Å². The van der Waals surface area contributed by atoms with E-state index in [1.807, 2.05) is 25.7 Å². The number of aromatic nitrogens is 2. The van der Waals surface area contributed by atoms with Gasteiger partial charge in [-0.3, -0.25) is 34.1 Å². The number of rotatable bonds is 23. The molecule has 5 N–H and O–H groups in total. The molecule has 2 aromatic carbocycles. The van der Waals surface area contributed by atoms with Crippen LogP contribution in [0.2, 0.25) is 0 Å². The lowest BCUT2D eigenvalue weighted by Gasteiger charge is -2.42. The summed E-state index contributed by atoms with van der Waals surface area (Å²) >= 11 is 0. The predicted molar refractivity (Wildman–Crippen MR) is 237 cm³/mol. The number of likely N-dealkylation sites (N-methyl/N-ethyl adjacent to an activating group) is 1. The standard InChI is InChI=1S/C44H58N10O10/c1-6-33-43(60)52(4)35-25-47-44(51-39(35)54(33)27(2)3)49-32-11-10-28(24-36(32)61-5)40(57)46-17-19-63-21-23-64-22-20-62-18-16-45-15-14-38(56)48-31-9-7-8-29-30(31)26-53(42(29)59)34-12-13-37(55)50-41(34)58/h7-11,24-25,27,33-34,45H,6,12-23,26H2,1-5H3,(H,46,57)(H,48,56)(H,47,49,51)(H,50,55,58). The van der Waals surface area contributed by atoms with Gasteiger partial charge in [-0.1, -0.05) is 13.0 Å². The quantitative estimate of drug-likeness (QED) is 0.0680. The van der Waals surface area contributed by atoms with Crippen LogP contribution >= 0.6 is 0 Å². The summed E-state index contributed by atoms with van der Waals surface area (Å²) in [6.45, 7) is 9.67. The van der Waals surface area contributed by atoms with Crippen molar-refractivity contribution < 1.29 is 47.7 Å². The van der Waals surface area contributed by atoms with Crippen molar-refractivity contribution in [2.75, 3.05) is 93.9 Å². The molecule has 1 saturated heterocycles. The molecule has 64 heavy (non-hydrogen) atoms. The molecule has 0 aliphatic carbocycles. The number of anilines is 5. The molecule has 3 aliphatic heterocycles. The fourth-order valence-electron chi connectivity index (χ4n) is 7.76. The minimum absolute atomic E-state index is 0.00447. The van der Waals surface area contributed by atoms with Crippen LogP contribution in [0.4, 0.5) is 28.8 Å². The Kier molecular flexibility index (Phi) is 16.6. The number of methoxy groups -OCH3 is 1. The normalized spacial score (nSPS) is 17.1. The van der Waals surface area contributed by atoms with E-state index in [9.17, 15) is 28.8 Å². The molecule has 3 aliphatic rings. The predicted octanol–water partition coefficient (Wildman–Crippen LogP) is 2.36. The monoisotopic (exact) mass is 886 g/mol. The van der Waals surface area contributed by atoms with Crippen molar-refractivity contribution in [3.05, 3.63) is 59.3 Å². The second kappa shape index (κ2) is 22.4. The van der Waals surface area contributed by atoms with E-state index in [4.69, 9.17) is 23.9 Å². The lowest BCUT2D eigenvalue weighted by molar-refractivity contribution is -0.137. The summed E-state index contributed by atoms with van der Waals surface area (Å²) in [6, 6.07) is 9.11. The number of ether oxygens (including phenoxy) is 4. The number of amides is 6. The first-order valence-electron chi connectivity index (χ1n) is 21.6. The van der Waals surface area contributed by atoms with E-state index in [-0.39, 0.29) is 67.4 Å². The SMILES string of the molecule is CCC1C(=O)N(C)c2cnc(Nc3ccc(C(=O)NCCOCCOCCOCCNCCC(=O)Nc4cccc5c4CN(C4CCC(=O)NC4=O)C5=O)cc3OC)nc2N1C(C)C. The van der Waals surface area contributed by atoms with Crippen LogP contribution in [0.5, 0.6) is 5.75 Å². The molecule has 0 radical (unpaired) electrons. The number of carbonyl (C=O) groups is 6. The summed E-state index contributed by atoms with van der Waals surface area (Å²) < 4.78 is 22.3. The Morgan fingerprint density at radius 1 is 0.938 bits per heavy atom. The Morgan fingerprint density at radius 3 is 2.38 bits per heavy atom. The Morgan fingerprint density at radius 2 is 1.67 bits per heavy atom. The van der Waals surface area contributed by atoms with E-state index in [0.29, 0.717) is 117 Å². The first-order chi connectivity index (χ1) is 30.9. The third-order valence-electron chi connectivity index (χ3n) is 11.0. The van der Waals surface area contributed by atoms with Gasteiger partial charge in [0, 0.05) is 74.5 Å². The molecule has 344 valence electrons. The first-order valence-corrected chi connectivity index (χ1v) is 21.6. The Balaban J connectivity index is 0.796. The zero-order valence-electron chi connectivity index (χ0n) is 37.0. The number of hydrogen-bond acceptors (Lipinski definition) is 15. The van der Waals surface area contributed by atoms with Crippen LogP contribution in [0.15, 0.2) is 42.6 Å². The molecule has 2 unspecified atom stereocenters. The van der Waals surface area contributed by atoms with Gasteiger partial charge >= 0.3 is 0 Å². The number of carbonyl (C=O) groups excluding carboxylic acids is 6. The van der Waals surface area contributed by atoms with Gasteiger partial charge in [0.2, 0.25) is 29.6 Å². The molecule has 1 aromatic heterocycles. The number of hydrogen-bond donors (Lipinski definition) is 5. The highest BCUT2D eigenvalue weighted by Crippen LogP contribution is 2.37. The van der Waals surface area contributed by atoms with Crippen LogP contribution in [0, 0.1) is 0 Å². The van der Waals surface area contributed by atoms with Crippen LogP contribution in [0.3, 0.4) is 0 Å². The highest BCUT2D eigenvalue weighted by Gasteiger charge is 2.40. The summed E-state index contributed by atoms with van der Waals surface area (Å²) in [6.07, 6.45) is 2.91. The summed E-state index contributed by atoms with van der Waals surface area (Å²) in [5.41, 5.74) is 3.22. The fraction of sp³-hybridized carbons (Fsp3) is 0.500. The van der Waals surface area contributed by atoms with Crippen LogP contribution < -0.4 is 41.1 Å². The molecular weight excluding hydrogens is 829 g/mol. The number of benzene rings is 2. The van der Waals surface area contributed by atoms with E-state index in [1.54, 1.807) is 54.5 Å². The molecule has 6 amide bonds. The minimum Gasteiger partial charge on any atom is -0.495 e. The van der Waals surface area contributed by atoms with Gasteiger partial charge in [0.05, 0.1) is 58.6 Å². The third-order valence-corrected chi connectivity index (χ3v) is 11.0. The number of piperidine rings is 1. The van der Waals surface area contributed by atoms with Crippen LogP contribution in [-0.4, -0.2) is 142 Å². The molecule has 20 nitrogen and oxygen atoms in total. The topological polar surface area (TPSA) is 235 Å². The van der Waals surface area contributed by atoms with E-state index in [0.717, 1.165) is 0 Å². The maximum atomic E-state index is 13.0. The molecular formula is C44H58N10O10. The number of imide groups is 1. The summed E-state index contributed by atoms with van der Waals surface area (Å²) in [5, 5.41) is 14.4. The van der Waals surface area contributed by atoms with Gasteiger partial charge in [0.15, 0.2) is 5.82 Å². The van der Waals surface area contributed by atoms with Gasteiger partial charge < -0.3 is 54.9 Å². The summed E-state index contributed by atoms with van der Waals surface area (Å²) in [5.74, 6) is -0.205. The first kappa shape index (κ1) is 47.3. The molecule has 4 heterocycles. The lowest BCUT2D eigenvalue weighted by Crippen LogP contribution is -2.54. The molecule has 2 atom stereocenters. The lowest BCUT2D eigenvalue weighted by atomic mass is 10.0. The average Bonchev–Trinajstić information content (AvgIpc) is 3.62. The molecule has 1 fully saturated rings. The van der Waals surface area contributed by atoms with Crippen molar-refractivity contribution in [2.45, 2.75) is 71.1 Å². The molecule has 0 bridgehead atoms. The van der Waals surface area contributed by atoms with Gasteiger partial charge in [0.1, 0.15) is 23.5 Å². The van der Waals surface area contributed by atoms with E-state index in [1.165, 1.54) is 12.0 Å². The molecule has 6 rings (SSSR count). The smallest absolute Gasteiger partial charge is 0.255 e. The second-order valence-corrected chi connectivity index (χ2v) is 15.6. The van der Waals surface area contributed by atoms with Gasteiger partial charge in [-0.15, -0.1) is 0 Å². The Bertz CT molecular complexity index is 2190. The minimum atomic E-state index is -0.726. The van der Waals surface area contributed by atoms with Crippen molar-refractivity contribution in [1.82, 2.24) is 30.8 Å². The number of nitrogens with zero attached hydrogens (tertiary/aromatic N) is 5. The average molecular weight is 887 g/mol. The van der Waals surface area contributed by atoms with E-state index in [2.05, 4.69) is 31.6 Å². The Labute approximate surface area is 372 Å². The zero-order chi connectivity index (χ0) is 45.8. The van der Waals surface area contributed by atoms with Gasteiger partial charge in [-0.2, -0.15) is 4.98 Å². The second-order valence-electron chi connectivity index (χ2n) is 15.6. The third kappa shape index (κ3) is 11.5. The fourth-order valence-corrected chi connectivity index (χ4v) is 7.76. The van der Waals surface area contributed by atoms with Crippen molar-refractivity contribution in [2.24, 2.45) is 0 Å². The molecule has 0 saturated carbocycles. The van der Waals surface area contributed by atoms with Crippen LogP contribution in [0.25, 0.3) is 0 Å². The number of fused-ring (bicyclic) bond motifs is 2. The molecule has 20 heteroatoms. The molecule has 3 aromatic rings. The number of nitrogens with one attached hydrogen (secondary N) is 5. The highest BCUT2D eigenvalue weighted by atomic mass is 16.5. The van der Waals surface area contributed by atoms with Crippen LogP contribution in [0.1, 0.15) is 72.7 Å². The largest absolute Gasteiger partial charge is 0.495 e. The summed E-state index contributed by atoms with van der Waals surface area (Å²) in [4.78, 5) is 89.8. The summed E-state index contributed by atoms with van der Waals surface area (Å²) in [7, 11) is 3.25. The van der Waals surface area contributed by atoms with Gasteiger partial charge in [0.25, 0.3) is 11.8 Å². The maximum Gasteiger partial charge on any atom is 0.255 e. The van der Waals surface area contributed by atoms with Crippen molar-refractivity contribution >= 4 is 64.3 Å². The molecule has 0 spiro atoms. The highest BCUT2D eigenvalue weighted by molar-refractivity contribution is 6.07. The van der Waals surface area contributed by atoms with E-state index < -0.39 is 11.9 Å².